The Balaban J connectivity index is 1.82. The molecule has 3 aromatic rings. The number of fused-ring (bicyclic) bond motifs is 1. The van der Waals surface area contributed by atoms with Crippen LogP contribution in [0.3, 0.4) is 0 Å². The van der Waals surface area contributed by atoms with Crippen LogP contribution in [-0.4, -0.2) is 28.4 Å². The molecule has 1 aliphatic rings. The molecule has 2 aromatic heterocycles. The number of pyridine rings is 1. The van der Waals surface area contributed by atoms with Gasteiger partial charge in [0.2, 0.25) is 0 Å². The number of anilines is 1. The molecule has 28 heavy (non-hydrogen) atoms. The largest absolute Gasteiger partial charge is 0.496 e. The molecule has 0 atom stereocenters. The summed E-state index contributed by atoms with van der Waals surface area (Å²) in [4.78, 5) is 17.0. The molecule has 8 heteroatoms. The van der Waals surface area contributed by atoms with Crippen molar-refractivity contribution in [1.82, 2.24) is 14.7 Å². The van der Waals surface area contributed by atoms with Gasteiger partial charge in [-0.1, -0.05) is 6.92 Å². The molecule has 0 aliphatic heterocycles. The standard InChI is InChI=1S/C20H20F2N4O2/c1-10-8-11(9-10)24-20(27)17-18(23)26-7-3-4-12(19(26)25-17)15-14(28-2)6-5-13(21)16(15)22/h3-7,10-11H,8-9,23H2,1-2H3,(H,24,27). The Kier molecular flexibility index (Phi) is 4.41. The number of rotatable bonds is 4. The van der Waals surface area contributed by atoms with Crippen LogP contribution in [0.2, 0.25) is 0 Å². The molecular formula is C20H20F2N4O2. The lowest BCUT2D eigenvalue weighted by Gasteiger charge is -2.32. The minimum absolute atomic E-state index is 0.0581. The van der Waals surface area contributed by atoms with Gasteiger partial charge in [0.15, 0.2) is 17.3 Å². The first-order valence-electron chi connectivity index (χ1n) is 9.00. The number of methoxy groups -OCH3 is 1. The number of hydrogen-bond acceptors (Lipinski definition) is 4. The van der Waals surface area contributed by atoms with Gasteiger partial charge in [0, 0.05) is 17.8 Å². The Bertz CT molecular complexity index is 1070. The van der Waals surface area contributed by atoms with Crippen molar-refractivity contribution in [1.29, 1.82) is 0 Å². The van der Waals surface area contributed by atoms with Crippen molar-refractivity contribution >= 4 is 17.4 Å². The van der Waals surface area contributed by atoms with Gasteiger partial charge in [-0.3, -0.25) is 9.20 Å². The number of aromatic nitrogens is 2. The predicted octanol–water partition coefficient (Wildman–Crippen LogP) is 3.40. The van der Waals surface area contributed by atoms with Crippen LogP contribution in [-0.2, 0) is 0 Å². The zero-order chi connectivity index (χ0) is 20.0. The third kappa shape index (κ3) is 2.85. The second kappa shape index (κ2) is 6.78. The number of halogens is 2. The fourth-order valence-corrected chi connectivity index (χ4v) is 3.68. The summed E-state index contributed by atoms with van der Waals surface area (Å²) in [6.07, 6.45) is 3.44. The third-order valence-electron chi connectivity index (χ3n) is 5.16. The first kappa shape index (κ1) is 18.2. The Morgan fingerprint density at radius 2 is 2.07 bits per heavy atom. The highest BCUT2D eigenvalue weighted by atomic mass is 19.2. The smallest absolute Gasteiger partial charge is 0.273 e. The van der Waals surface area contributed by atoms with E-state index in [-0.39, 0.29) is 46.0 Å². The summed E-state index contributed by atoms with van der Waals surface area (Å²) in [7, 11) is 1.37. The van der Waals surface area contributed by atoms with Crippen LogP contribution >= 0.6 is 0 Å². The molecule has 1 aromatic carbocycles. The second-order valence-corrected chi connectivity index (χ2v) is 7.15. The normalized spacial score (nSPS) is 18.7. The first-order chi connectivity index (χ1) is 13.4. The summed E-state index contributed by atoms with van der Waals surface area (Å²) in [6, 6.07) is 5.65. The number of benzene rings is 1. The van der Waals surface area contributed by atoms with Gasteiger partial charge in [-0.15, -0.1) is 0 Å². The van der Waals surface area contributed by atoms with E-state index in [0.717, 1.165) is 18.9 Å². The Labute approximate surface area is 160 Å². The number of nitrogen functional groups attached to an aromatic ring is 1. The summed E-state index contributed by atoms with van der Waals surface area (Å²) in [5, 5.41) is 2.91. The van der Waals surface area contributed by atoms with Crippen LogP contribution in [0.5, 0.6) is 5.75 Å². The maximum atomic E-state index is 14.6. The molecule has 0 spiro atoms. The number of amides is 1. The maximum absolute atomic E-state index is 14.6. The van der Waals surface area contributed by atoms with E-state index in [1.54, 1.807) is 18.3 Å². The van der Waals surface area contributed by atoms with Gasteiger partial charge in [0.25, 0.3) is 5.91 Å². The van der Waals surface area contributed by atoms with Gasteiger partial charge in [0.1, 0.15) is 17.2 Å². The van der Waals surface area contributed by atoms with E-state index in [2.05, 4.69) is 17.2 Å². The van der Waals surface area contributed by atoms with Crippen molar-refractivity contribution in [3.63, 3.8) is 0 Å². The molecule has 146 valence electrons. The number of imidazole rings is 1. The zero-order valence-corrected chi connectivity index (χ0v) is 15.5. The highest BCUT2D eigenvalue weighted by Crippen LogP contribution is 2.37. The van der Waals surface area contributed by atoms with Gasteiger partial charge in [-0.05, 0) is 43.0 Å². The van der Waals surface area contributed by atoms with E-state index < -0.39 is 11.6 Å². The summed E-state index contributed by atoms with van der Waals surface area (Å²) in [6.45, 7) is 2.12. The summed E-state index contributed by atoms with van der Waals surface area (Å²) >= 11 is 0. The lowest BCUT2D eigenvalue weighted by atomic mass is 9.82. The summed E-state index contributed by atoms with van der Waals surface area (Å²) in [5.41, 5.74) is 6.64. The number of nitrogens with zero attached hydrogens (tertiary/aromatic N) is 2. The molecule has 3 N–H and O–H groups in total. The fourth-order valence-electron chi connectivity index (χ4n) is 3.68. The minimum Gasteiger partial charge on any atom is -0.496 e. The molecule has 1 amide bonds. The molecule has 1 fully saturated rings. The van der Waals surface area contributed by atoms with Crippen LogP contribution < -0.4 is 15.8 Å². The minimum atomic E-state index is -1.05. The molecule has 1 aliphatic carbocycles. The van der Waals surface area contributed by atoms with Crippen LogP contribution in [0.4, 0.5) is 14.6 Å². The second-order valence-electron chi connectivity index (χ2n) is 7.15. The van der Waals surface area contributed by atoms with E-state index >= 15 is 0 Å². The monoisotopic (exact) mass is 386 g/mol. The van der Waals surface area contributed by atoms with Crippen molar-refractivity contribution in [3.8, 4) is 16.9 Å². The molecule has 2 heterocycles. The number of hydrogen-bond donors (Lipinski definition) is 2. The van der Waals surface area contributed by atoms with Crippen molar-refractivity contribution in [3.05, 3.63) is 47.8 Å². The first-order valence-corrected chi connectivity index (χ1v) is 9.00. The average Bonchev–Trinajstić information content (AvgIpc) is 3.00. The SMILES string of the molecule is COc1ccc(F)c(F)c1-c1cccn2c(N)c(C(=O)NC3CC(C)C3)nc12. The molecule has 1 saturated carbocycles. The zero-order valence-electron chi connectivity index (χ0n) is 15.5. The summed E-state index contributed by atoms with van der Waals surface area (Å²) < 4.78 is 35.1. The van der Waals surface area contributed by atoms with Gasteiger partial charge in [0.05, 0.1) is 12.7 Å². The molecule has 0 unspecified atom stereocenters. The molecule has 0 bridgehead atoms. The lowest BCUT2D eigenvalue weighted by Crippen LogP contribution is -2.43. The number of nitrogens with one attached hydrogen (secondary N) is 1. The molecule has 0 saturated heterocycles. The van der Waals surface area contributed by atoms with Gasteiger partial charge < -0.3 is 15.8 Å². The van der Waals surface area contributed by atoms with Crippen LogP contribution in [0.1, 0.15) is 30.3 Å². The van der Waals surface area contributed by atoms with E-state index in [1.807, 2.05) is 0 Å². The average molecular weight is 386 g/mol. The van der Waals surface area contributed by atoms with Crippen LogP contribution in [0, 0.1) is 17.6 Å². The van der Waals surface area contributed by atoms with Crippen molar-refractivity contribution in [2.24, 2.45) is 5.92 Å². The lowest BCUT2D eigenvalue weighted by molar-refractivity contribution is 0.0892. The van der Waals surface area contributed by atoms with Crippen molar-refractivity contribution in [2.75, 3.05) is 12.8 Å². The molecular weight excluding hydrogens is 366 g/mol. The third-order valence-corrected chi connectivity index (χ3v) is 5.16. The Morgan fingerprint density at radius 3 is 2.75 bits per heavy atom. The van der Waals surface area contributed by atoms with Gasteiger partial charge >= 0.3 is 0 Å². The fraction of sp³-hybridized carbons (Fsp3) is 0.300. The van der Waals surface area contributed by atoms with Gasteiger partial charge in [-0.25, -0.2) is 13.8 Å². The van der Waals surface area contributed by atoms with E-state index in [4.69, 9.17) is 10.5 Å². The Hall–Kier alpha value is -3.16. The Morgan fingerprint density at radius 1 is 1.32 bits per heavy atom. The van der Waals surface area contributed by atoms with E-state index in [1.165, 1.54) is 17.6 Å². The number of carbonyl (C=O) groups excluding carboxylic acids is 1. The quantitative estimate of drug-likeness (QED) is 0.720. The summed E-state index contributed by atoms with van der Waals surface area (Å²) in [5.74, 6) is -1.56. The number of carbonyl (C=O) groups is 1. The molecule has 6 nitrogen and oxygen atoms in total. The number of ether oxygens (including phenoxy) is 1. The predicted molar refractivity (Wildman–Crippen MR) is 101 cm³/mol. The van der Waals surface area contributed by atoms with Gasteiger partial charge in [-0.2, -0.15) is 0 Å². The topological polar surface area (TPSA) is 81.6 Å². The van der Waals surface area contributed by atoms with Crippen LogP contribution in [0.25, 0.3) is 16.8 Å². The maximum Gasteiger partial charge on any atom is 0.273 e. The molecule has 4 rings (SSSR count). The van der Waals surface area contributed by atoms with E-state index in [0.29, 0.717) is 5.92 Å². The van der Waals surface area contributed by atoms with Crippen molar-refractivity contribution < 1.29 is 18.3 Å². The van der Waals surface area contributed by atoms with E-state index in [9.17, 15) is 13.6 Å². The highest BCUT2D eigenvalue weighted by Gasteiger charge is 2.29. The van der Waals surface area contributed by atoms with Crippen molar-refractivity contribution in [2.45, 2.75) is 25.8 Å². The molecule has 0 radical (unpaired) electrons. The number of nitrogens with two attached hydrogens (primary N) is 1. The van der Waals surface area contributed by atoms with Crippen LogP contribution in [0.15, 0.2) is 30.5 Å². The highest BCUT2D eigenvalue weighted by molar-refractivity contribution is 5.99.